The predicted octanol–water partition coefficient (Wildman–Crippen LogP) is 3.61. The van der Waals surface area contributed by atoms with Crippen molar-refractivity contribution in [3.05, 3.63) is 60.2 Å². The number of benzene rings is 2. The van der Waals surface area contributed by atoms with Crippen LogP contribution in [0.2, 0.25) is 0 Å². The lowest BCUT2D eigenvalue weighted by molar-refractivity contribution is -0.116. The van der Waals surface area contributed by atoms with Crippen LogP contribution in [0.25, 0.3) is 0 Å². The van der Waals surface area contributed by atoms with Crippen molar-refractivity contribution in [2.45, 2.75) is 32.2 Å². The van der Waals surface area contributed by atoms with Crippen molar-refractivity contribution < 1.29 is 9.59 Å². The van der Waals surface area contributed by atoms with Crippen LogP contribution in [0.4, 0.5) is 11.4 Å². The molecule has 31 heavy (non-hydrogen) atoms. The molecule has 2 amide bonds. The van der Waals surface area contributed by atoms with Crippen LogP contribution in [0.5, 0.6) is 0 Å². The number of carbonyl (C=O) groups excluding carboxylic acids is 2. The molecule has 1 saturated heterocycles. The first-order valence-corrected chi connectivity index (χ1v) is 11.1. The van der Waals surface area contributed by atoms with Gasteiger partial charge < -0.3 is 20.4 Å². The molecule has 0 spiro atoms. The molecule has 3 rings (SSSR count). The molecular weight excluding hydrogens is 388 g/mol. The van der Waals surface area contributed by atoms with Crippen molar-refractivity contribution in [2.24, 2.45) is 5.92 Å². The predicted molar refractivity (Wildman–Crippen MR) is 127 cm³/mol. The summed E-state index contributed by atoms with van der Waals surface area (Å²) >= 11 is 0. The van der Waals surface area contributed by atoms with Crippen LogP contribution >= 0.6 is 0 Å². The first kappa shape index (κ1) is 22.8. The first-order chi connectivity index (χ1) is 14.9. The number of nitrogens with one attached hydrogen (secondary N) is 2. The molecule has 1 heterocycles. The fraction of sp³-hybridized carbons (Fsp3) is 0.440. The molecule has 1 aliphatic heterocycles. The minimum atomic E-state index is -0.254. The maximum Gasteiger partial charge on any atom is 0.251 e. The maximum absolute atomic E-state index is 12.4. The van der Waals surface area contributed by atoms with Gasteiger partial charge in [-0.1, -0.05) is 18.2 Å². The average Bonchev–Trinajstić information content (AvgIpc) is 2.75. The fourth-order valence-corrected chi connectivity index (χ4v) is 4.08. The maximum atomic E-state index is 12.4. The number of nitrogens with zero attached hydrogens (tertiary/aromatic N) is 2. The molecule has 6 nitrogen and oxygen atoms in total. The van der Waals surface area contributed by atoms with Gasteiger partial charge in [0.05, 0.1) is 0 Å². The zero-order valence-electron chi connectivity index (χ0n) is 18.8. The van der Waals surface area contributed by atoms with E-state index in [2.05, 4.69) is 46.7 Å². The molecule has 2 N–H and O–H groups in total. The van der Waals surface area contributed by atoms with Crippen LogP contribution in [0.1, 0.15) is 36.5 Å². The lowest BCUT2D eigenvalue weighted by Crippen LogP contribution is -2.37. The molecule has 0 aliphatic carbocycles. The number of carbonyl (C=O) groups is 2. The average molecular weight is 423 g/mol. The van der Waals surface area contributed by atoms with E-state index in [4.69, 9.17) is 0 Å². The molecule has 6 heteroatoms. The third-order valence-corrected chi connectivity index (χ3v) is 5.66. The van der Waals surface area contributed by atoms with E-state index in [1.807, 2.05) is 37.3 Å². The van der Waals surface area contributed by atoms with E-state index < -0.39 is 0 Å². The number of amides is 2. The van der Waals surface area contributed by atoms with Gasteiger partial charge in [-0.3, -0.25) is 9.59 Å². The summed E-state index contributed by atoms with van der Waals surface area (Å²) in [5.74, 6) is 0.492. The Morgan fingerprint density at radius 1 is 1.03 bits per heavy atom. The van der Waals surface area contributed by atoms with Gasteiger partial charge in [0.15, 0.2) is 0 Å². The van der Waals surface area contributed by atoms with Gasteiger partial charge in [0.25, 0.3) is 5.91 Å². The minimum Gasteiger partial charge on any atom is -0.372 e. The van der Waals surface area contributed by atoms with Crippen molar-refractivity contribution in [1.82, 2.24) is 10.2 Å². The molecule has 1 aliphatic rings. The SMILES string of the molecule is CC(CC(=O)Nc1ccc(N2CCC(CN(C)C)CC2)cc1)NC(=O)c1ccccc1. The lowest BCUT2D eigenvalue weighted by atomic mass is 9.96. The first-order valence-electron chi connectivity index (χ1n) is 11.1. The molecule has 0 saturated carbocycles. The van der Waals surface area contributed by atoms with E-state index in [1.165, 1.54) is 18.5 Å². The molecule has 1 atom stereocenters. The van der Waals surface area contributed by atoms with E-state index in [-0.39, 0.29) is 24.3 Å². The van der Waals surface area contributed by atoms with Gasteiger partial charge in [0, 0.05) is 49.0 Å². The van der Waals surface area contributed by atoms with Gasteiger partial charge in [0.2, 0.25) is 5.91 Å². The Labute approximate surface area is 185 Å². The van der Waals surface area contributed by atoms with Crippen LogP contribution in [0, 0.1) is 5.92 Å². The van der Waals surface area contributed by atoms with Crippen molar-refractivity contribution >= 4 is 23.2 Å². The monoisotopic (exact) mass is 422 g/mol. The second-order valence-electron chi connectivity index (χ2n) is 8.73. The second kappa shape index (κ2) is 11.0. The smallest absolute Gasteiger partial charge is 0.251 e. The quantitative estimate of drug-likeness (QED) is 0.682. The van der Waals surface area contributed by atoms with E-state index in [9.17, 15) is 9.59 Å². The minimum absolute atomic E-state index is 0.113. The van der Waals surface area contributed by atoms with Crippen molar-refractivity contribution in [3.63, 3.8) is 0 Å². The molecule has 1 fully saturated rings. The van der Waals surface area contributed by atoms with E-state index in [0.717, 1.165) is 31.2 Å². The zero-order valence-corrected chi connectivity index (χ0v) is 18.8. The highest BCUT2D eigenvalue weighted by molar-refractivity contribution is 5.95. The van der Waals surface area contributed by atoms with Crippen LogP contribution in [-0.4, -0.2) is 56.5 Å². The van der Waals surface area contributed by atoms with E-state index in [1.54, 1.807) is 12.1 Å². The summed E-state index contributed by atoms with van der Waals surface area (Å²) in [6, 6.07) is 16.8. The van der Waals surface area contributed by atoms with Gasteiger partial charge in [-0.2, -0.15) is 0 Å². The summed E-state index contributed by atoms with van der Waals surface area (Å²) in [5, 5.41) is 5.80. The van der Waals surface area contributed by atoms with E-state index in [0.29, 0.717) is 5.56 Å². The Morgan fingerprint density at radius 2 is 1.68 bits per heavy atom. The van der Waals surface area contributed by atoms with Gasteiger partial charge in [-0.25, -0.2) is 0 Å². The van der Waals surface area contributed by atoms with Crippen molar-refractivity contribution in [2.75, 3.05) is 43.9 Å². The second-order valence-corrected chi connectivity index (χ2v) is 8.73. The lowest BCUT2D eigenvalue weighted by Gasteiger charge is -2.34. The van der Waals surface area contributed by atoms with Gasteiger partial charge in [-0.05, 0) is 76.2 Å². The summed E-state index contributed by atoms with van der Waals surface area (Å²) < 4.78 is 0. The standard InChI is InChI=1S/C25H34N4O2/c1-19(26-25(31)21-7-5-4-6-8-21)17-24(30)27-22-9-11-23(12-10-22)29-15-13-20(14-16-29)18-28(2)3/h4-12,19-20H,13-18H2,1-3H3,(H,26,31)(H,27,30). The summed E-state index contributed by atoms with van der Waals surface area (Å²) in [5.41, 5.74) is 2.57. The number of rotatable bonds is 8. The third-order valence-electron chi connectivity index (χ3n) is 5.66. The molecule has 0 radical (unpaired) electrons. The summed E-state index contributed by atoms with van der Waals surface area (Å²) in [7, 11) is 4.27. The third kappa shape index (κ3) is 7.10. The van der Waals surface area contributed by atoms with Gasteiger partial charge >= 0.3 is 0 Å². The van der Waals surface area contributed by atoms with Crippen LogP contribution in [0.15, 0.2) is 54.6 Å². The van der Waals surface area contributed by atoms with Crippen LogP contribution in [0.3, 0.4) is 0 Å². The zero-order chi connectivity index (χ0) is 22.2. The van der Waals surface area contributed by atoms with Crippen molar-refractivity contribution in [1.29, 1.82) is 0 Å². The Hall–Kier alpha value is -2.86. The highest BCUT2D eigenvalue weighted by Crippen LogP contribution is 2.25. The topological polar surface area (TPSA) is 64.7 Å². The molecule has 0 aromatic heterocycles. The van der Waals surface area contributed by atoms with Gasteiger partial charge in [0.1, 0.15) is 0 Å². The van der Waals surface area contributed by atoms with Crippen LogP contribution in [-0.2, 0) is 4.79 Å². The Morgan fingerprint density at radius 3 is 2.29 bits per heavy atom. The molecule has 0 bridgehead atoms. The molecular formula is C25H34N4O2. The summed E-state index contributed by atoms with van der Waals surface area (Å²) in [4.78, 5) is 29.3. The molecule has 1 unspecified atom stereocenters. The highest BCUT2D eigenvalue weighted by Gasteiger charge is 2.20. The molecule has 2 aromatic rings. The number of hydrogen-bond acceptors (Lipinski definition) is 4. The number of hydrogen-bond donors (Lipinski definition) is 2. The summed E-state index contributed by atoms with van der Waals surface area (Å²) in [6.07, 6.45) is 2.65. The molecule has 2 aromatic carbocycles. The number of anilines is 2. The Kier molecular flexibility index (Phi) is 8.06. The highest BCUT2D eigenvalue weighted by atomic mass is 16.2. The fourth-order valence-electron chi connectivity index (χ4n) is 4.08. The summed E-state index contributed by atoms with van der Waals surface area (Å²) in [6.45, 7) is 5.14. The van der Waals surface area contributed by atoms with E-state index >= 15 is 0 Å². The Balaban J connectivity index is 1.44. The molecule has 166 valence electrons. The van der Waals surface area contributed by atoms with Crippen molar-refractivity contribution in [3.8, 4) is 0 Å². The van der Waals surface area contributed by atoms with Crippen LogP contribution < -0.4 is 15.5 Å². The largest absolute Gasteiger partial charge is 0.372 e. The number of piperidine rings is 1. The van der Waals surface area contributed by atoms with Gasteiger partial charge in [-0.15, -0.1) is 0 Å². The Bertz CT molecular complexity index is 844. The normalized spacial score (nSPS) is 15.5.